The Labute approximate surface area is 124 Å². The third-order valence-electron chi connectivity index (χ3n) is 4.38. The van der Waals surface area contributed by atoms with E-state index in [-0.39, 0.29) is 6.42 Å². The van der Waals surface area contributed by atoms with Crippen LogP contribution in [-0.4, -0.2) is 28.3 Å². The van der Waals surface area contributed by atoms with E-state index < -0.39 is 11.6 Å². The molecule has 1 N–H and O–H groups in total. The molecule has 0 atom stereocenters. The largest absolute Gasteiger partial charge is 0.481 e. The van der Waals surface area contributed by atoms with E-state index in [1.54, 1.807) is 7.11 Å². The Hall–Kier alpha value is -1.43. The molecule has 0 aromatic carbocycles. The van der Waals surface area contributed by atoms with E-state index in [2.05, 4.69) is 17.1 Å². The molecule has 0 bridgehead atoms. The van der Waals surface area contributed by atoms with Crippen LogP contribution in [0.15, 0.2) is 4.52 Å². The molecule has 0 spiro atoms. The van der Waals surface area contributed by atoms with Crippen LogP contribution in [0.25, 0.3) is 0 Å². The molecule has 6 heteroatoms. The maximum absolute atomic E-state index is 10.5. The van der Waals surface area contributed by atoms with Crippen molar-refractivity contribution in [3.05, 3.63) is 11.7 Å². The van der Waals surface area contributed by atoms with Crippen LogP contribution in [0, 0.1) is 5.92 Å². The third kappa shape index (κ3) is 4.03. The van der Waals surface area contributed by atoms with E-state index in [4.69, 9.17) is 14.4 Å². The van der Waals surface area contributed by atoms with Gasteiger partial charge in [0.25, 0.3) is 0 Å². The van der Waals surface area contributed by atoms with Crippen molar-refractivity contribution in [1.82, 2.24) is 10.1 Å². The number of hydrogen-bond donors (Lipinski definition) is 1. The molecule has 0 aliphatic heterocycles. The number of carbonyl (C=O) groups is 1. The lowest BCUT2D eigenvalue weighted by Gasteiger charge is -2.35. The van der Waals surface area contributed by atoms with Gasteiger partial charge in [-0.3, -0.25) is 4.79 Å². The molecule has 1 heterocycles. The minimum Gasteiger partial charge on any atom is -0.481 e. The summed E-state index contributed by atoms with van der Waals surface area (Å²) in [4.78, 5) is 14.9. The number of methoxy groups -OCH3 is 1. The Balaban J connectivity index is 1.93. The molecule has 0 unspecified atom stereocenters. The number of unbranched alkanes of at least 4 members (excludes halogenated alkanes) is 1. The van der Waals surface area contributed by atoms with Crippen LogP contribution in [0.2, 0.25) is 0 Å². The summed E-state index contributed by atoms with van der Waals surface area (Å²) in [6, 6.07) is 0. The monoisotopic (exact) mass is 296 g/mol. The summed E-state index contributed by atoms with van der Waals surface area (Å²) in [7, 11) is 1.71. The lowest BCUT2D eigenvalue weighted by molar-refractivity contribution is -0.137. The molecule has 6 nitrogen and oxygen atoms in total. The fourth-order valence-corrected chi connectivity index (χ4v) is 2.84. The molecular weight excluding hydrogens is 272 g/mol. The number of carboxylic acids is 1. The molecule has 1 aliphatic carbocycles. The Bertz CT molecular complexity index is 464. The van der Waals surface area contributed by atoms with Gasteiger partial charge in [0, 0.05) is 20.0 Å². The maximum atomic E-state index is 10.5. The predicted octanol–water partition coefficient (Wildman–Crippen LogP) is 2.92. The van der Waals surface area contributed by atoms with Gasteiger partial charge in [-0.15, -0.1) is 0 Å². The molecule has 118 valence electrons. The van der Waals surface area contributed by atoms with Crippen LogP contribution in [0.5, 0.6) is 0 Å². The Morgan fingerprint density at radius 3 is 2.76 bits per heavy atom. The molecule has 1 fully saturated rings. The number of aliphatic carboxylic acids is 1. The van der Waals surface area contributed by atoms with Gasteiger partial charge < -0.3 is 14.4 Å². The van der Waals surface area contributed by atoms with Gasteiger partial charge in [0.15, 0.2) is 0 Å². The lowest BCUT2D eigenvalue weighted by Crippen LogP contribution is -2.34. The molecule has 1 aromatic rings. The van der Waals surface area contributed by atoms with Crippen molar-refractivity contribution >= 4 is 5.97 Å². The van der Waals surface area contributed by atoms with E-state index in [1.807, 2.05) is 0 Å². The molecule has 21 heavy (non-hydrogen) atoms. The van der Waals surface area contributed by atoms with Gasteiger partial charge in [-0.25, -0.2) is 0 Å². The highest BCUT2D eigenvalue weighted by molar-refractivity contribution is 5.66. The van der Waals surface area contributed by atoms with E-state index >= 15 is 0 Å². The summed E-state index contributed by atoms with van der Waals surface area (Å²) < 4.78 is 11.0. The van der Waals surface area contributed by atoms with Gasteiger partial charge in [-0.2, -0.15) is 4.98 Å². The number of hydrogen-bond acceptors (Lipinski definition) is 5. The second-order valence-corrected chi connectivity index (χ2v) is 5.99. The van der Waals surface area contributed by atoms with Crippen LogP contribution < -0.4 is 0 Å². The van der Waals surface area contributed by atoms with E-state index in [9.17, 15) is 4.79 Å². The van der Waals surface area contributed by atoms with Crippen LogP contribution in [0.4, 0.5) is 0 Å². The average molecular weight is 296 g/mol. The van der Waals surface area contributed by atoms with E-state index in [1.165, 1.54) is 0 Å². The molecule has 1 aromatic heterocycles. The summed E-state index contributed by atoms with van der Waals surface area (Å²) in [6.07, 6.45) is 6.22. The van der Waals surface area contributed by atoms with Crippen molar-refractivity contribution in [1.29, 1.82) is 0 Å². The highest BCUT2D eigenvalue weighted by Crippen LogP contribution is 2.40. The summed E-state index contributed by atoms with van der Waals surface area (Å²) in [5, 5.41) is 12.7. The predicted molar refractivity (Wildman–Crippen MR) is 75.8 cm³/mol. The Kier molecular flexibility index (Phi) is 5.33. The number of aromatic nitrogens is 2. The topological polar surface area (TPSA) is 85.5 Å². The molecular formula is C15H24N2O4. The highest BCUT2D eigenvalue weighted by Gasteiger charge is 2.40. The fourth-order valence-electron chi connectivity index (χ4n) is 2.84. The third-order valence-corrected chi connectivity index (χ3v) is 4.38. The fraction of sp³-hybridized carbons (Fsp3) is 0.800. The second-order valence-electron chi connectivity index (χ2n) is 5.99. The quantitative estimate of drug-likeness (QED) is 0.779. The minimum absolute atomic E-state index is 0.181. The first-order valence-electron chi connectivity index (χ1n) is 7.66. The lowest BCUT2D eigenvalue weighted by atomic mass is 9.79. The van der Waals surface area contributed by atoms with Gasteiger partial charge in [-0.05, 0) is 44.4 Å². The summed E-state index contributed by atoms with van der Waals surface area (Å²) >= 11 is 0. The first kappa shape index (κ1) is 15.9. The van der Waals surface area contributed by atoms with Gasteiger partial charge in [0.2, 0.25) is 11.7 Å². The average Bonchev–Trinajstić information content (AvgIpc) is 2.94. The summed E-state index contributed by atoms with van der Waals surface area (Å²) in [5.74, 6) is 1.17. The smallest absolute Gasteiger partial charge is 0.303 e. The number of rotatable bonds is 7. The minimum atomic E-state index is -0.768. The molecule has 0 saturated heterocycles. The zero-order chi connectivity index (χ0) is 15.3. The second kappa shape index (κ2) is 7.02. The van der Waals surface area contributed by atoms with Gasteiger partial charge in [0.05, 0.1) is 0 Å². The van der Waals surface area contributed by atoms with Crippen molar-refractivity contribution in [2.24, 2.45) is 5.92 Å². The highest BCUT2D eigenvalue weighted by atomic mass is 16.5. The van der Waals surface area contributed by atoms with Crippen molar-refractivity contribution in [2.75, 3.05) is 7.11 Å². The van der Waals surface area contributed by atoms with Gasteiger partial charge >= 0.3 is 5.97 Å². The molecule has 2 rings (SSSR count). The SMILES string of the molecule is COC1(c2noc(CCCCC(=O)O)n2)CCC(C)CC1. The first-order chi connectivity index (χ1) is 10.1. The van der Waals surface area contributed by atoms with Crippen molar-refractivity contribution in [3.8, 4) is 0 Å². The molecule has 1 aliphatic rings. The van der Waals surface area contributed by atoms with Crippen LogP contribution in [-0.2, 0) is 21.6 Å². The first-order valence-corrected chi connectivity index (χ1v) is 7.66. The van der Waals surface area contributed by atoms with Crippen LogP contribution in [0.3, 0.4) is 0 Å². The number of aryl methyl sites for hydroxylation is 1. The van der Waals surface area contributed by atoms with E-state index in [0.717, 1.165) is 38.0 Å². The maximum Gasteiger partial charge on any atom is 0.303 e. The molecule has 0 radical (unpaired) electrons. The summed E-state index contributed by atoms with van der Waals surface area (Å²) in [6.45, 7) is 2.25. The Morgan fingerprint density at radius 1 is 1.43 bits per heavy atom. The summed E-state index contributed by atoms with van der Waals surface area (Å²) in [5.41, 5.74) is -0.407. The van der Waals surface area contributed by atoms with E-state index in [0.29, 0.717) is 24.6 Å². The zero-order valence-corrected chi connectivity index (χ0v) is 12.8. The Morgan fingerprint density at radius 2 is 2.14 bits per heavy atom. The zero-order valence-electron chi connectivity index (χ0n) is 12.8. The van der Waals surface area contributed by atoms with Gasteiger partial charge in [-0.1, -0.05) is 12.1 Å². The van der Waals surface area contributed by atoms with Crippen LogP contribution in [0.1, 0.15) is 63.6 Å². The number of ether oxygens (including phenoxy) is 1. The van der Waals surface area contributed by atoms with Crippen molar-refractivity contribution in [3.63, 3.8) is 0 Å². The van der Waals surface area contributed by atoms with Crippen molar-refractivity contribution in [2.45, 2.75) is 63.9 Å². The van der Waals surface area contributed by atoms with Gasteiger partial charge in [0.1, 0.15) is 5.60 Å². The molecule has 0 amide bonds. The molecule has 1 saturated carbocycles. The number of carboxylic acid groups (broad SMARTS) is 1. The van der Waals surface area contributed by atoms with Crippen molar-refractivity contribution < 1.29 is 19.2 Å². The standard InChI is InChI=1S/C15H24N2O4/c1-11-7-9-15(20-2,10-8-11)14-16-12(21-17-14)5-3-4-6-13(18)19/h11H,3-10H2,1-2H3,(H,18,19). The number of nitrogens with zero attached hydrogens (tertiary/aromatic N) is 2. The van der Waals surface area contributed by atoms with Crippen LogP contribution >= 0.6 is 0 Å². The normalized spacial score (nSPS) is 25.9.